The Labute approximate surface area is 91.6 Å². The SMILES string of the molecule is CC(C)C1=NCC(c2ccccc2)C=C1. The second-order valence-electron chi connectivity index (χ2n) is 4.30. The summed E-state index contributed by atoms with van der Waals surface area (Å²) < 4.78 is 0. The number of dihydropyridines is 1. The maximum absolute atomic E-state index is 4.62. The summed E-state index contributed by atoms with van der Waals surface area (Å²) in [4.78, 5) is 4.62. The van der Waals surface area contributed by atoms with Gasteiger partial charge in [0.2, 0.25) is 0 Å². The number of hydrogen-bond acceptors (Lipinski definition) is 1. The van der Waals surface area contributed by atoms with Crippen LogP contribution in [0.1, 0.15) is 25.3 Å². The maximum Gasteiger partial charge on any atom is 0.0496 e. The van der Waals surface area contributed by atoms with Crippen molar-refractivity contribution in [3.8, 4) is 0 Å². The highest BCUT2D eigenvalue weighted by Gasteiger charge is 2.12. The topological polar surface area (TPSA) is 12.4 Å². The van der Waals surface area contributed by atoms with E-state index in [1.807, 2.05) is 0 Å². The molecule has 0 spiro atoms. The number of allylic oxidation sites excluding steroid dienone is 1. The van der Waals surface area contributed by atoms with E-state index in [2.05, 4.69) is 61.3 Å². The van der Waals surface area contributed by atoms with Crippen molar-refractivity contribution < 1.29 is 0 Å². The van der Waals surface area contributed by atoms with Crippen molar-refractivity contribution >= 4 is 5.71 Å². The molecule has 0 fully saturated rings. The van der Waals surface area contributed by atoms with Gasteiger partial charge in [-0.3, -0.25) is 4.99 Å². The lowest BCUT2D eigenvalue weighted by Crippen LogP contribution is -2.13. The summed E-state index contributed by atoms with van der Waals surface area (Å²) in [7, 11) is 0. The van der Waals surface area contributed by atoms with Crippen molar-refractivity contribution in [3.63, 3.8) is 0 Å². The van der Waals surface area contributed by atoms with Crippen molar-refractivity contribution in [2.45, 2.75) is 19.8 Å². The quantitative estimate of drug-likeness (QED) is 0.692. The van der Waals surface area contributed by atoms with Gasteiger partial charge in [-0.25, -0.2) is 0 Å². The summed E-state index contributed by atoms with van der Waals surface area (Å²) in [6.45, 7) is 5.27. The van der Waals surface area contributed by atoms with E-state index >= 15 is 0 Å². The van der Waals surface area contributed by atoms with Crippen LogP contribution in [0.25, 0.3) is 0 Å². The van der Waals surface area contributed by atoms with Gasteiger partial charge in [0.1, 0.15) is 0 Å². The number of benzene rings is 1. The van der Waals surface area contributed by atoms with Crippen LogP contribution >= 0.6 is 0 Å². The first kappa shape index (κ1) is 10.2. The first-order valence-electron chi connectivity index (χ1n) is 5.55. The van der Waals surface area contributed by atoms with Gasteiger partial charge in [-0.15, -0.1) is 0 Å². The summed E-state index contributed by atoms with van der Waals surface area (Å²) in [6, 6.07) is 10.6. The van der Waals surface area contributed by atoms with Gasteiger partial charge in [0, 0.05) is 18.2 Å². The fraction of sp³-hybridized carbons (Fsp3) is 0.357. The molecule has 2 rings (SSSR count). The molecule has 1 nitrogen and oxygen atoms in total. The molecule has 0 saturated heterocycles. The Kier molecular flexibility index (Phi) is 3.00. The number of hydrogen-bond donors (Lipinski definition) is 0. The average Bonchev–Trinajstić information content (AvgIpc) is 2.30. The molecule has 1 unspecified atom stereocenters. The minimum Gasteiger partial charge on any atom is -0.289 e. The van der Waals surface area contributed by atoms with Crippen LogP contribution < -0.4 is 0 Å². The zero-order valence-corrected chi connectivity index (χ0v) is 9.35. The lowest BCUT2D eigenvalue weighted by molar-refractivity contribution is 0.804. The van der Waals surface area contributed by atoms with Crippen molar-refractivity contribution in [2.24, 2.45) is 10.9 Å². The number of rotatable bonds is 2. The predicted octanol–water partition coefficient (Wildman–Crippen LogP) is 3.44. The van der Waals surface area contributed by atoms with Gasteiger partial charge in [-0.2, -0.15) is 0 Å². The first-order valence-corrected chi connectivity index (χ1v) is 5.55. The molecule has 1 aromatic carbocycles. The fourth-order valence-electron chi connectivity index (χ4n) is 1.82. The molecule has 1 aliphatic heterocycles. The van der Waals surface area contributed by atoms with Crippen LogP contribution in [0.3, 0.4) is 0 Å². The first-order chi connectivity index (χ1) is 7.27. The third-order valence-corrected chi connectivity index (χ3v) is 2.79. The fourth-order valence-corrected chi connectivity index (χ4v) is 1.82. The van der Waals surface area contributed by atoms with Gasteiger partial charge in [0.05, 0.1) is 0 Å². The zero-order chi connectivity index (χ0) is 10.7. The molecular weight excluding hydrogens is 182 g/mol. The summed E-state index contributed by atoms with van der Waals surface area (Å²) in [6.07, 6.45) is 4.45. The molecule has 0 N–H and O–H groups in total. The summed E-state index contributed by atoms with van der Waals surface area (Å²) in [5.74, 6) is 1.01. The molecule has 0 aliphatic carbocycles. The molecule has 0 amide bonds. The van der Waals surface area contributed by atoms with Crippen molar-refractivity contribution in [3.05, 3.63) is 48.0 Å². The Morgan fingerprint density at radius 3 is 2.47 bits per heavy atom. The van der Waals surface area contributed by atoms with E-state index < -0.39 is 0 Å². The Hall–Kier alpha value is -1.37. The minimum atomic E-state index is 0.466. The summed E-state index contributed by atoms with van der Waals surface area (Å²) in [5.41, 5.74) is 2.59. The van der Waals surface area contributed by atoms with Gasteiger partial charge < -0.3 is 0 Å². The molecule has 1 heterocycles. The largest absolute Gasteiger partial charge is 0.289 e. The normalized spacial score (nSPS) is 20.5. The number of nitrogens with zero attached hydrogens (tertiary/aromatic N) is 1. The maximum atomic E-state index is 4.62. The Balaban J connectivity index is 2.10. The Morgan fingerprint density at radius 1 is 1.20 bits per heavy atom. The van der Waals surface area contributed by atoms with Gasteiger partial charge in [0.25, 0.3) is 0 Å². The molecule has 0 saturated carbocycles. The molecule has 15 heavy (non-hydrogen) atoms. The highest BCUT2D eigenvalue weighted by atomic mass is 14.8. The Morgan fingerprint density at radius 2 is 1.93 bits per heavy atom. The van der Waals surface area contributed by atoms with Gasteiger partial charge in [0.15, 0.2) is 0 Å². The highest BCUT2D eigenvalue weighted by molar-refractivity contribution is 5.97. The van der Waals surface area contributed by atoms with Crippen LogP contribution in [0.2, 0.25) is 0 Å². The molecule has 0 radical (unpaired) electrons. The third kappa shape index (κ3) is 2.35. The molecule has 1 atom stereocenters. The van der Waals surface area contributed by atoms with E-state index in [0.29, 0.717) is 11.8 Å². The molecular formula is C14H17N. The molecule has 0 bridgehead atoms. The van der Waals surface area contributed by atoms with Gasteiger partial charge in [-0.05, 0) is 17.6 Å². The van der Waals surface area contributed by atoms with Crippen molar-refractivity contribution in [2.75, 3.05) is 6.54 Å². The van der Waals surface area contributed by atoms with Gasteiger partial charge >= 0.3 is 0 Å². The predicted molar refractivity (Wildman–Crippen MR) is 65.5 cm³/mol. The van der Waals surface area contributed by atoms with E-state index in [1.165, 1.54) is 11.3 Å². The van der Waals surface area contributed by atoms with Crippen LogP contribution in [0, 0.1) is 5.92 Å². The number of aliphatic imine (C=N–C) groups is 1. The van der Waals surface area contributed by atoms with Crippen LogP contribution in [0.5, 0.6) is 0 Å². The minimum absolute atomic E-state index is 0.466. The van der Waals surface area contributed by atoms with E-state index in [1.54, 1.807) is 0 Å². The average molecular weight is 199 g/mol. The van der Waals surface area contributed by atoms with Crippen LogP contribution in [0.15, 0.2) is 47.5 Å². The molecule has 0 aromatic heterocycles. The highest BCUT2D eigenvalue weighted by Crippen LogP contribution is 2.21. The van der Waals surface area contributed by atoms with Crippen molar-refractivity contribution in [1.82, 2.24) is 0 Å². The van der Waals surface area contributed by atoms with Crippen LogP contribution in [0.4, 0.5) is 0 Å². The second kappa shape index (κ2) is 4.43. The Bertz CT molecular complexity index is 374. The van der Waals surface area contributed by atoms with Crippen LogP contribution in [-0.4, -0.2) is 12.3 Å². The van der Waals surface area contributed by atoms with E-state index in [4.69, 9.17) is 0 Å². The van der Waals surface area contributed by atoms with E-state index in [9.17, 15) is 0 Å². The second-order valence-corrected chi connectivity index (χ2v) is 4.30. The smallest absolute Gasteiger partial charge is 0.0496 e. The summed E-state index contributed by atoms with van der Waals surface area (Å²) in [5, 5.41) is 0. The molecule has 1 aromatic rings. The monoisotopic (exact) mass is 199 g/mol. The lowest BCUT2D eigenvalue weighted by atomic mass is 9.94. The lowest BCUT2D eigenvalue weighted by Gasteiger charge is -2.17. The van der Waals surface area contributed by atoms with E-state index in [-0.39, 0.29) is 0 Å². The zero-order valence-electron chi connectivity index (χ0n) is 9.35. The van der Waals surface area contributed by atoms with Crippen LogP contribution in [-0.2, 0) is 0 Å². The van der Waals surface area contributed by atoms with Gasteiger partial charge in [-0.1, -0.05) is 50.3 Å². The standard InChI is InChI=1S/C14H17N/c1-11(2)14-9-8-13(10-15-14)12-6-4-3-5-7-12/h3-9,11,13H,10H2,1-2H3. The molecule has 78 valence electrons. The third-order valence-electron chi connectivity index (χ3n) is 2.79. The van der Waals surface area contributed by atoms with Crippen molar-refractivity contribution in [1.29, 1.82) is 0 Å². The molecule has 1 heteroatoms. The molecule has 1 aliphatic rings. The van der Waals surface area contributed by atoms with E-state index in [0.717, 1.165) is 6.54 Å². The summed E-state index contributed by atoms with van der Waals surface area (Å²) >= 11 is 0.